The maximum absolute atomic E-state index is 13.7. The van der Waals surface area contributed by atoms with Crippen molar-refractivity contribution in [3.05, 3.63) is 77.7 Å². The third-order valence-electron chi connectivity index (χ3n) is 3.93. The van der Waals surface area contributed by atoms with Gasteiger partial charge in [-0.1, -0.05) is 42.0 Å². The molecule has 0 saturated carbocycles. The fourth-order valence-electron chi connectivity index (χ4n) is 2.44. The van der Waals surface area contributed by atoms with E-state index in [1.54, 1.807) is 36.0 Å². The van der Waals surface area contributed by atoms with Crippen LogP contribution in [0.2, 0.25) is 0 Å². The molecule has 1 aromatic heterocycles. The molecule has 0 spiro atoms. The summed E-state index contributed by atoms with van der Waals surface area (Å²) in [6.45, 7) is 4.13. The average Bonchev–Trinajstić information content (AvgIpc) is 3.05. The van der Waals surface area contributed by atoms with Crippen molar-refractivity contribution in [1.29, 1.82) is 0 Å². The minimum atomic E-state index is -0.852. The Hall–Kier alpha value is -3.15. The Balaban J connectivity index is 1.65. The highest BCUT2D eigenvalue weighted by Crippen LogP contribution is 2.18. The summed E-state index contributed by atoms with van der Waals surface area (Å²) in [7, 11) is 0. The molecule has 5 nitrogen and oxygen atoms in total. The Bertz CT molecular complexity index is 890. The van der Waals surface area contributed by atoms with E-state index in [0.717, 1.165) is 5.56 Å². The molecule has 0 radical (unpaired) electrons. The van der Waals surface area contributed by atoms with E-state index < -0.39 is 11.9 Å². The maximum Gasteiger partial charge on any atom is 0.266 e. The standard InChI is InChI=1S/C20H20FN3O2/c1-14-7-9-16(10-8-14)13-24-19(11-12-22-24)23-20(25)15(2)26-18-6-4-3-5-17(18)21/h3-12,15H,13H2,1-2H3,(H,23,25)/t15-/m0/s1. The van der Waals surface area contributed by atoms with Crippen molar-refractivity contribution < 1.29 is 13.9 Å². The molecule has 134 valence electrons. The number of benzene rings is 2. The number of aromatic nitrogens is 2. The zero-order valence-corrected chi connectivity index (χ0v) is 14.6. The number of amides is 1. The molecular formula is C20H20FN3O2. The van der Waals surface area contributed by atoms with Crippen LogP contribution in [0.5, 0.6) is 5.75 Å². The summed E-state index contributed by atoms with van der Waals surface area (Å²) < 4.78 is 20.8. The fraction of sp³-hybridized carbons (Fsp3) is 0.200. The summed E-state index contributed by atoms with van der Waals surface area (Å²) in [5, 5.41) is 7.02. The summed E-state index contributed by atoms with van der Waals surface area (Å²) in [5.74, 6) is -0.279. The number of ether oxygens (including phenoxy) is 1. The van der Waals surface area contributed by atoms with Crippen LogP contribution in [0.1, 0.15) is 18.1 Å². The number of para-hydroxylation sites is 1. The van der Waals surface area contributed by atoms with Crippen LogP contribution in [0.25, 0.3) is 0 Å². The number of aryl methyl sites for hydroxylation is 1. The average molecular weight is 353 g/mol. The zero-order chi connectivity index (χ0) is 18.5. The van der Waals surface area contributed by atoms with Crippen LogP contribution >= 0.6 is 0 Å². The summed E-state index contributed by atoms with van der Waals surface area (Å²) in [6, 6.07) is 15.8. The van der Waals surface area contributed by atoms with E-state index in [1.807, 2.05) is 31.2 Å². The van der Waals surface area contributed by atoms with Crippen LogP contribution in [-0.2, 0) is 11.3 Å². The molecule has 0 aliphatic heterocycles. The predicted molar refractivity (Wildman–Crippen MR) is 97.6 cm³/mol. The molecule has 1 N–H and O–H groups in total. The maximum atomic E-state index is 13.7. The van der Waals surface area contributed by atoms with Gasteiger partial charge in [-0.15, -0.1) is 0 Å². The molecule has 0 unspecified atom stereocenters. The largest absolute Gasteiger partial charge is 0.478 e. The summed E-state index contributed by atoms with van der Waals surface area (Å²) in [5.41, 5.74) is 2.26. The topological polar surface area (TPSA) is 56.2 Å². The summed E-state index contributed by atoms with van der Waals surface area (Å²) in [6.07, 6.45) is 0.765. The first kappa shape index (κ1) is 17.7. The van der Waals surface area contributed by atoms with Gasteiger partial charge in [0.25, 0.3) is 5.91 Å². The molecule has 0 aliphatic rings. The molecule has 6 heteroatoms. The first-order valence-corrected chi connectivity index (χ1v) is 8.32. The monoisotopic (exact) mass is 353 g/mol. The molecule has 0 saturated heterocycles. The molecule has 1 heterocycles. The molecule has 2 aromatic carbocycles. The van der Waals surface area contributed by atoms with E-state index in [0.29, 0.717) is 12.4 Å². The number of carbonyl (C=O) groups excluding carboxylic acids is 1. The van der Waals surface area contributed by atoms with Crippen LogP contribution in [0.3, 0.4) is 0 Å². The van der Waals surface area contributed by atoms with Gasteiger partial charge in [0.2, 0.25) is 0 Å². The van der Waals surface area contributed by atoms with Crippen LogP contribution in [0.15, 0.2) is 60.8 Å². The lowest BCUT2D eigenvalue weighted by molar-refractivity contribution is -0.122. The van der Waals surface area contributed by atoms with Gasteiger partial charge in [-0.2, -0.15) is 5.10 Å². The molecule has 0 bridgehead atoms. The molecular weight excluding hydrogens is 333 g/mol. The molecule has 26 heavy (non-hydrogen) atoms. The van der Waals surface area contributed by atoms with Gasteiger partial charge in [-0.3, -0.25) is 4.79 Å². The van der Waals surface area contributed by atoms with E-state index >= 15 is 0 Å². The van der Waals surface area contributed by atoms with Gasteiger partial charge < -0.3 is 10.1 Å². The summed E-state index contributed by atoms with van der Waals surface area (Å²) >= 11 is 0. The van der Waals surface area contributed by atoms with Gasteiger partial charge in [0.15, 0.2) is 17.7 Å². The third-order valence-corrected chi connectivity index (χ3v) is 3.93. The second kappa shape index (κ2) is 7.82. The van der Waals surface area contributed by atoms with E-state index in [-0.39, 0.29) is 11.7 Å². The highest BCUT2D eigenvalue weighted by Gasteiger charge is 2.18. The molecule has 1 amide bonds. The Morgan fingerprint density at radius 3 is 2.65 bits per heavy atom. The van der Waals surface area contributed by atoms with Crippen molar-refractivity contribution in [3.8, 4) is 5.75 Å². The number of hydrogen-bond donors (Lipinski definition) is 1. The smallest absolute Gasteiger partial charge is 0.266 e. The van der Waals surface area contributed by atoms with E-state index in [4.69, 9.17) is 4.74 Å². The molecule has 3 rings (SSSR count). The normalized spacial score (nSPS) is 11.8. The van der Waals surface area contributed by atoms with Gasteiger partial charge in [-0.05, 0) is 31.5 Å². The van der Waals surface area contributed by atoms with Crippen molar-refractivity contribution in [3.63, 3.8) is 0 Å². The third kappa shape index (κ3) is 4.27. The minimum Gasteiger partial charge on any atom is -0.478 e. The van der Waals surface area contributed by atoms with Crippen molar-refractivity contribution in [2.75, 3.05) is 5.32 Å². The molecule has 0 aliphatic carbocycles. The quantitative estimate of drug-likeness (QED) is 0.734. The Morgan fingerprint density at radius 2 is 1.92 bits per heavy atom. The zero-order valence-electron chi connectivity index (χ0n) is 14.6. The van der Waals surface area contributed by atoms with Crippen molar-refractivity contribution in [2.45, 2.75) is 26.5 Å². The predicted octanol–water partition coefficient (Wildman–Crippen LogP) is 3.78. The van der Waals surface area contributed by atoms with Gasteiger partial charge in [0.1, 0.15) is 5.82 Å². The number of nitrogens with zero attached hydrogens (tertiary/aromatic N) is 2. The summed E-state index contributed by atoms with van der Waals surface area (Å²) in [4.78, 5) is 12.4. The lowest BCUT2D eigenvalue weighted by atomic mass is 10.1. The number of hydrogen-bond acceptors (Lipinski definition) is 3. The van der Waals surface area contributed by atoms with Crippen LogP contribution < -0.4 is 10.1 Å². The Labute approximate surface area is 151 Å². The number of nitrogens with one attached hydrogen (secondary N) is 1. The second-order valence-corrected chi connectivity index (χ2v) is 6.04. The lowest BCUT2D eigenvalue weighted by Crippen LogP contribution is -2.31. The van der Waals surface area contributed by atoms with Gasteiger partial charge in [0.05, 0.1) is 12.7 Å². The minimum absolute atomic E-state index is 0.0447. The highest BCUT2D eigenvalue weighted by atomic mass is 19.1. The Morgan fingerprint density at radius 1 is 1.19 bits per heavy atom. The Kier molecular flexibility index (Phi) is 5.31. The molecule has 3 aromatic rings. The van der Waals surface area contributed by atoms with Crippen LogP contribution in [0, 0.1) is 12.7 Å². The van der Waals surface area contributed by atoms with E-state index in [9.17, 15) is 9.18 Å². The highest BCUT2D eigenvalue weighted by molar-refractivity contribution is 5.93. The van der Waals surface area contributed by atoms with E-state index in [1.165, 1.54) is 17.7 Å². The number of rotatable bonds is 6. The first-order valence-electron chi connectivity index (χ1n) is 8.32. The second-order valence-electron chi connectivity index (χ2n) is 6.04. The van der Waals surface area contributed by atoms with Crippen molar-refractivity contribution in [1.82, 2.24) is 9.78 Å². The van der Waals surface area contributed by atoms with Gasteiger partial charge >= 0.3 is 0 Å². The van der Waals surface area contributed by atoms with Crippen LogP contribution in [0.4, 0.5) is 10.2 Å². The van der Waals surface area contributed by atoms with E-state index in [2.05, 4.69) is 10.4 Å². The van der Waals surface area contributed by atoms with Gasteiger partial charge in [-0.25, -0.2) is 9.07 Å². The van der Waals surface area contributed by atoms with Crippen molar-refractivity contribution in [2.24, 2.45) is 0 Å². The molecule has 1 atom stereocenters. The van der Waals surface area contributed by atoms with Gasteiger partial charge in [0, 0.05) is 6.07 Å². The number of anilines is 1. The van der Waals surface area contributed by atoms with Crippen LogP contribution in [-0.4, -0.2) is 21.8 Å². The van der Waals surface area contributed by atoms with Crippen molar-refractivity contribution >= 4 is 11.7 Å². The SMILES string of the molecule is Cc1ccc(Cn2nccc2NC(=O)[C@H](C)Oc2ccccc2F)cc1. The first-order chi connectivity index (χ1) is 12.5. The lowest BCUT2D eigenvalue weighted by Gasteiger charge is -2.16. The fourth-order valence-corrected chi connectivity index (χ4v) is 2.44. The number of halogens is 1. The number of carbonyl (C=O) groups is 1. The molecule has 0 fully saturated rings.